The van der Waals surface area contributed by atoms with Crippen LogP contribution >= 0.6 is 0 Å². The Morgan fingerprint density at radius 2 is 2.38 bits per heavy atom. The first-order chi connectivity index (χ1) is 3.60. The SMILES string of the molecule is CC1(C)N=CC(=O)N1. The molecule has 8 heavy (non-hydrogen) atoms. The van der Waals surface area contributed by atoms with Gasteiger partial charge in [-0.15, -0.1) is 0 Å². The summed E-state index contributed by atoms with van der Waals surface area (Å²) in [6.07, 6.45) is 1.31. The van der Waals surface area contributed by atoms with Crippen molar-refractivity contribution in [3.05, 3.63) is 0 Å². The monoisotopic (exact) mass is 112 g/mol. The van der Waals surface area contributed by atoms with E-state index < -0.39 is 0 Å². The molecule has 0 saturated heterocycles. The van der Waals surface area contributed by atoms with E-state index in [1.165, 1.54) is 6.21 Å². The van der Waals surface area contributed by atoms with Gasteiger partial charge in [0, 0.05) is 0 Å². The molecule has 0 aliphatic carbocycles. The van der Waals surface area contributed by atoms with Gasteiger partial charge in [-0.2, -0.15) is 0 Å². The Morgan fingerprint density at radius 1 is 1.75 bits per heavy atom. The van der Waals surface area contributed by atoms with Crippen LogP contribution < -0.4 is 5.32 Å². The van der Waals surface area contributed by atoms with E-state index in [1.807, 2.05) is 13.8 Å². The van der Waals surface area contributed by atoms with Gasteiger partial charge >= 0.3 is 0 Å². The van der Waals surface area contributed by atoms with Crippen LogP contribution in [0.15, 0.2) is 4.99 Å². The predicted octanol–water partition coefficient (Wildman–Crippen LogP) is -0.0769. The number of carbonyl (C=O) groups excluding carboxylic acids is 1. The van der Waals surface area contributed by atoms with Crippen LogP contribution in [0.4, 0.5) is 0 Å². The molecule has 0 atom stereocenters. The zero-order valence-electron chi connectivity index (χ0n) is 4.93. The average Bonchev–Trinajstić information content (AvgIpc) is 1.82. The van der Waals surface area contributed by atoms with Crippen molar-refractivity contribution in [2.45, 2.75) is 19.5 Å². The second kappa shape index (κ2) is 1.31. The molecule has 0 aromatic rings. The van der Waals surface area contributed by atoms with Crippen molar-refractivity contribution in [1.29, 1.82) is 0 Å². The summed E-state index contributed by atoms with van der Waals surface area (Å²) in [5, 5.41) is 2.63. The van der Waals surface area contributed by atoms with Crippen molar-refractivity contribution < 1.29 is 4.79 Å². The molecule has 0 unspecified atom stereocenters. The predicted molar refractivity (Wildman–Crippen MR) is 30.7 cm³/mol. The molecule has 1 aliphatic rings. The lowest BCUT2D eigenvalue weighted by molar-refractivity contribution is -0.114. The average molecular weight is 112 g/mol. The second-order valence-electron chi connectivity index (χ2n) is 2.31. The van der Waals surface area contributed by atoms with Crippen molar-refractivity contribution in [3.8, 4) is 0 Å². The van der Waals surface area contributed by atoms with Crippen LogP contribution in [0.5, 0.6) is 0 Å². The van der Waals surface area contributed by atoms with E-state index in [4.69, 9.17) is 0 Å². The molecule has 3 heteroatoms. The fraction of sp³-hybridized carbons (Fsp3) is 0.600. The number of hydrogen-bond donors (Lipinski definition) is 1. The number of carbonyl (C=O) groups is 1. The molecule has 1 rings (SSSR count). The molecule has 0 aromatic heterocycles. The van der Waals surface area contributed by atoms with Gasteiger partial charge in [0.25, 0.3) is 5.91 Å². The number of aliphatic imine (C=N–C) groups is 1. The smallest absolute Gasteiger partial charge is 0.263 e. The Kier molecular flexibility index (Phi) is 0.863. The van der Waals surface area contributed by atoms with Gasteiger partial charge in [-0.3, -0.25) is 9.79 Å². The van der Waals surface area contributed by atoms with E-state index in [0.29, 0.717) is 0 Å². The quantitative estimate of drug-likeness (QED) is 0.468. The van der Waals surface area contributed by atoms with Crippen molar-refractivity contribution in [3.63, 3.8) is 0 Å². The molecular formula is C5H8N2O. The standard InChI is InChI=1S/C5H8N2O/c1-5(2)6-3-4(8)7-5/h3H,1-2H3,(H,7,8). The third-order valence-electron chi connectivity index (χ3n) is 0.934. The lowest BCUT2D eigenvalue weighted by Gasteiger charge is -2.12. The Balaban J connectivity index is 2.72. The maximum absolute atomic E-state index is 10.4. The van der Waals surface area contributed by atoms with Crippen LogP contribution in [0.25, 0.3) is 0 Å². The first-order valence-electron chi connectivity index (χ1n) is 2.47. The zero-order valence-corrected chi connectivity index (χ0v) is 4.93. The van der Waals surface area contributed by atoms with E-state index in [0.717, 1.165) is 0 Å². The highest BCUT2D eigenvalue weighted by molar-refractivity contribution is 6.28. The van der Waals surface area contributed by atoms with Gasteiger partial charge in [-0.05, 0) is 13.8 Å². The summed E-state index contributed by atoms with van der Waals surface area (Å²) in [4.78, 5) is 14.3. The minimum atomic E-state index is -0.364. The minimum absolute atomic E-state index is 0.102. The summed E-state index contributed by atoms with van der Waals surface area (Å²) in [5.74, 6) is -0.102. The Hall–Kier alpha value is -0.860. The number of amides is 1. The van der Waals surface area contributed by atoms with Gasteiger partial charge in [0.2, 0.25) is 0 Å². The Bertz CT molecular complexity index is 149. The van der Waals surface area contributed by atoms with Crippen LogP contribution in [0.1, 0.15) is 13.8 Å². The number of nitrogens with zero attached hydrogens (tertiary/aromatic N) is 1. The van der Waals surface area contributed by atoms with Crippen molar-refractivity contribution in [1.82, 2.24) is 5.32 Å². The molecule has 0 saturated carbocycles. The van der Waals surface area contributed by atoms with Gasteiger partial charge < -0.3 is 5.32 Å². The molecular weight excluding hydrogens is 104 g/mol. The molecule has 1 aliphatic heterocycles. The number of hydrogen-bond acceptors (Lipinski definition) is 2. The van der Waals surface area contributed by atoms with Crippen molar-refractivity contribution in [2.75, 3.05) is 0 Å². The second-order valence-corrected chi connectivity index (χ2v) is 2.31. The summed E-state index contributed by atoms with van der Waals surface area (Å²) >= 11 is 0. The van der Waals surface area contributed by atoms with Gasteiger partial charge in [-0.25, -0.2) is 0 Å². The van der Waals surface area contributed by atoms with E-state index in [-0.39, 0.29) is 11.6 Å². The summed E-state index contributed by atoms with van der Waals surface area (Å²) in [6.45, 7) is 3.68. The molecule has 1 amide bonds. The lowest BCUT2D eigenvalue weighted by Crippen LogP contribution is -2.35. The van der Waals surface area contributed by atoms with Crippen molar-refractivity contribution in [2.24, 2.45) is 4.99 Å². The van der Waals surface area contributed by atoms with Crippen LogP contribution in [0.3, 0.4) is 0 Å². The highest BCUT2D eigenvalue weighted by atomic mass is 16.2. The lowest BCUT2D eigenvalue weighted by atomic mass is 10.3. The minimum Gasteiger partial charge on any atom is -0.327 e. The van der Waals surface area contributed by atoms with Gasteiger partial charge in [0.15, 0.2) is 0 Å². The van der Waals surface area contributed by atoms with Crippen LogP contribution in [-0.2, 0) is 4.79 Å². The van der Waals surface area contributed by atoms with Gasteiger partial charge in [0.05, 0.1) is 6.21 Å². The van der Waals surface area contributed by atoms with Crippen LogP contribution in [0.2, 0.25) is 0 Å². The van der Waals surface area contributed by atoms with Crippen molar-refractivity contribution >= 4 is 12.1 Å². The highest BCUT2D eigenvalue weighted by Crippen LogP contribution is 2.05. The Labute approximate surface area is 47.8 Å². The number of rotatable bonds is 0. The zero-order chi connectivity index (χ0) is 6.20. The van der Waals surface area contributed by atoms with Gasteiger partial charge in [0.1, 0.15) is 5.66 Å². The maximum Gasteiger partial charge on any atom is 0.263 e. The van der Waals surface area contributed by atoms with Crippen LogP contribution in [0, 0.1) is 0 Å². The van der Waals surface area contributed by atoms with E-state index in [9.17, 15) is 4.79 Å². The molecule has 0 aromatic carbocycles. The molecule has 1 N–H and O–H groups in total. The summed E-state index contributed by atoms with van der Waals surface area (Å²) < 4.78 is 0. The molecule has 0 fully saturated rings. The molecule has 0 bridgehead atoms. The molecule has 3 nitrogen and oxygen atoms in total. The highest BCUT2D eigenvalue weighted by Gasteiger charge is 2.22. The fourth-order valence-electron chi connectivity index (χ4n) is 0.586. The van der Waals surface area contributed by atoms with E-state index in [1.54, 1.807) is 0 Å². The van der Waals surface area contributed by atoms with Crippen LogP contribution in [-0.4, -0.2) is 17.8 Å². The molecule has 0 spiro atoms. The summed E-state index contributed by atoms with van der Waals surface area (Å²) in [6, 6.07) is 0. The third-order valence-corrected chi connectivity index (χ3v) is 0.934. The largest absolute Gasteiger partial charge is 0.327 e. The first kappa shape index (κ1) is 5.28. The third kappa shape index (κ3) is 0.857. The first-order valence-corrected chi connectivity index (χ1v) is 2.47. The molecule has 1 heterocycles. The molecule has 44 valence electrons. The Morgan fingerprint density at radius 3 is 2.50 bits per heavy atom. The van der Waals surface area contributed by atoms with E-state index >= 15 is 0 Å². The molecule has 0 radical (unpaired) electrons. The number of nitrogens with one attached hydrogen (secondary N) is 1. The maximum atomic E-state index is 10.4. The van der Waals surface area contributed by atoms with Gasteiger partial charge in [-0.1, -0.05) is 0 Å². The van der Waals surface area contributed by atoms with E-state index in [2.05, 4.69) is 10.3 Å². The normalized spacial score (nSPS) is 23.5. The topological polar surface area (TPSA) is 41.5 Å². The summed E-state index contributed by atoms with van der Waals surface area (Å²) in [7, 11) is 0. The fourth-order valence-corrected chi connectivity index (χ4v) is 0.586. The summed E-state index contributed by atoms with van der Waals surface area (Å²) in [5.41, 5.74) is -0.364.